The van der Waals surface area contributed by atoms with Crippen molar-refractivity contribution in [1.29, 1.82) is 0 Å². The van der Waals surface area contributed by atoms with Crippen molar-refractivity contribution in [3.63, 3.8) is 0 Å². The minimum absolute atomic E-state index is 0.606. The van der Waals surface area contributed by atoms with Crippen LogP contribution in [0.2, 0.25) is 20.1 Å². The lowest BCUT2D eigenvalue weighted by molar-refractivity contribution is 0.137. The quantitative estimate of drug-likeness (QED) is 0.590. The number of carbonyl (C=O) groups is 1. The van der Waals surface area contributed by atoms with Crippen molar-refractivity contribution in [3.8, 4) is 0 Å². The Hall–Kier alpha value is -1.13. The molecule has 20 heavy (non-hydrogen) atoms. The van der Waals surface area contributed by atoms with E-state index in [9.17, 15) is 0 Å². The van der Waals surface area contributed by atoms with Crippen molar-refractivity contribution < 1.29 is 15.0 Å². The molecule has 108 valence electrons. The van der Waals surface area contributed by atoms with Crippen LogP contribution in [0, 0.1) is 0 Å². The molecule has 0 saturated heterocycles. The first-order valence-corrected chi connectivity index (χ1v) is 6.57. The van der Waals surface area contributed by atoms with E-state index in [0.717, 1.165) is 0 Å². The van der Waals surface area contributed by atoms with Gasteiger partial charge in [0.05, 0.1) is 20.1 Å². The van der Waals surface area contributed by atoms with Gasteiger partial charge >= 0.3 is 6.16 Å². The van der Waals surface area contributed by atoms with E-state index >= 15 is 0 Å². The van der Waals surface area contributed by atoms with Crippen LogP contribution in [-0.2, 0) is 0 Å². The average molecular weight is 356 g/mol. The number of hydrogen-bond donors (Lipinski definition) is 2. The topological polar surface area (TPSA) is 57.5 Å². The number of halogens is 4. The van der Waals surface area contributed by atoms with Gasteiger partial charge in [0, 0.05) is 0 Å². The molecule has 0 aliphatic heterocycles. The summed E-state index contributed by atoms with van der Waals surface area (Å²) >= 11 is 22.3. The minimum Gasteiger partial charge on any atom is -0.450 e. The van der Waals surface area contributed by atoms with E-state index in [-0.39, 0.29) is 0 Å². The molecule has 0 fully saturated rings. The predicted octanol–water partition coefficient (Wildman–Crippen LogP) is 6.21. The Morgan fingerprint density at radius 3 is 0.900 bits per heavy atom. The third-order valence-electron chi connectivity index (χ3n) is 1.65. The summed E-state index contributed by atoms with van der Waals surface area (Å²) in [5.74, 6) is 0. The summed E-state index contributed by atoms with van der Waals surface area (Å²) in [5.41, 5.74) is 0. The van der Waals surface area contributed by atoms with Gasteiger partial charge in [0.1, 0.15) is 0 Å². The monoisotopic (exact) mass is 354 g/mol. The molecule has 2 N–H and O–H groups in total. The molecule has 0 amide bonds. The van der Waals surface area contributed by atoms with Gasteiger partial charge in [-0.1, -0.05) is 70.7 Å². The van der Waals surface area contributed by atoms with Gasteiger partial charge in [0.25, 0.3) is 0 Å². The van der Waals surface area contributed by atoms with Gasteiger partial charge in [-0.2, -0.15) is 0 Å². The Balaban J connectivity index is 0.000000289. The Labute approximate surface area is 136 Å². The second-order valence-electron chi connectivity index (χ2n) is 3.11. The van der Waals surface area contributed by atoms with Gasteiger partial charge in [-0.25, -0.2) is 4.79 Å². The SMILES string of the molecule is Clc1ccccc1Cl.Clc1ccccc1Cl.O=C(O)O. The fraction of sp³-hybridized carbons (Fsp3) is 0. The van der Waals surface area contributed by atoms with Gasteiger partial charge in [-0.05, 0) is 24.3 Å². The summed E-state index contributed by atoms with van der Waals surface area (Å²) in [6.07, 6.45) is -1.83. The molecule has 0 spiro atoms. The van der Waals surface area contributed by atoms with Gasteiger partial charge in [-0.15, -0.1) is 0 Å². The highest BCUT2D eigenvalue weighted by atomic mass is 35.5. The molecule has 0 aliphatic rings. The van der Waals surface area contributed by atoms with Crippen molar-refractivity contribution in [3.05, 3.63) is 68.6 Å². The van der Waals surface area contributed by atoms with Crippen LogP contribution < -0.4 is 0 Å². The zero-order chi connectivity index (χ0) is 15.5. The number of benzene rings is 2. The number of rotatable bonds is 0. The molecule has 0 aliphatic carbocycles. The molecule has 0 bridgehead atoms. The third-order valence-corrected chi connectivity index (χ3v) is 3.16. The summed E-state index contributed by atoms with van der Waals surface area (Å²) in [4.78, 5) is 8.56. The highest BCUT2D eigenvalue weighted by Crippen LogP contribution is 2.19. The lowest BCUT2D eigenvalue weighted by Crippen LogP contribution is -1.81. The van der Waals surface area contributed by atoms with Crippen LogP contribution in [0.3, 0.4) is 0 Å². The summed E-state index contributed by atoms with van der Waals surface area (Å²) in [6, 6.07) is 14.4. The van der Waals surface area contributed by atoms with Crippen molar-refractivity contribution in [2.45, 2.75) is 0 Å². The lowest BCUT2D eigenvalue weighted by Gasteiger charge is -1.88. The second kappa shape index (κ2) is 10.6. The number of carboxylic acid groups (broad SMARTS) is 2. The van der Waals surface area contributed by atoms with Gasteiger partial charge in [0.15, 0.2) is 0 Å². The summed E-state index contributed by atoms with van der Waals surface area (Å²) < 4.78 is 0. The van der Waals surface area contributed by atoms with Gasteiger partial charge in [-0.3, -0.25) is 0 Å². The van der Waals surface area contributed by atoms with Crippen molar-refractivity contribution in [1.82, 2.24) is 0 Å². The fourth-order valence-corrected chi connectivity index (χ4v) is 1.42. The van der Waals surface area contributed by atoms with Crippen LogP contribution in [0.5, 0.6) is 0 Å². The first-order chi connectivity index (χ1) is 9.34. The highest BCUT2D eigenvalue weighted by molar-refractivity contribution is 6.42. The second-order valence-corrected chi connectivity index (χ2v) is 4.74. The Morgan fingerprint density at radius 2 is 0.800 bits per heavy atom. The molecule has 0 heterocycles. The van der Waals surface area contributed by atoms with E-state index in [4.69, 9.17) is 61.4 Å². The molecule has 0 unspecified atom stereocenters. The van der Waals surface area contributed by atoms with Gasteiger partial charge < -0.3 is 10.2 Å². The average Bonchev–Trinajstić information content (AvgIpc) is 2.37. The number of hydrogen-bond acceptors (Lipinski definition) is 1. The maximum Gasteiger partial charge on any atom is 0.503 e. The maximum absolute atomic E-state index is 8.56. The summed E-state index contributed by atoms with van der Waals surface area (Å²) in [7, 11) is 0. The van der Waals surface area contributed by atoms with E-state index in [1.807, 2.05) is 24.3 Å². The van der Waals surface area contributed by atoms with Crippen molar-refractivity contribution in [2.75, 3.05) is 0 Å². The maximum atomic E-state index is 8.56. The normalized spacial score (nSPS) is 8.60. The molecule has 0 radical (unpaired) electrons. The Morgan fingerprint density at radius 1 is 0.650 bits per heavy atom. The van der Waals surface area contributed by atoms with E-state index in [1.165, 1.54) is 0 Å². The lowest BCUT2D eigenvalue weighted by atomic mass is 10.4. The first kappa shape index (κ1) is 18.9. The molecule has 0 aromatic heterocycles. The molecule has 0 atom stereocenters. The van der Waals surface area contributed by atoms with Crippen molar-refractivity contribution >= 4 is 52.6 Å². The van der Waals surface area contributed by atoms with Crippen LogP contribution in [-0.4, -0.2) is 16.4 Å². The highest BCUT2D eigenvalue weighted by Gasteiger charge is 1.90. The molecule has 2 aromatic carbocycles. The van der Waals surface area contributed by atoms with Crippen LogP contribution in [0.15, 0.2) is 48.5 Å². The zero-order valence-electron chi connectivity index (χ0n) is 9.93. The Kier molecular flexibility index (Phi) is 10.0. The van der Waals surface area contributed by atoms with E-state index < -0.39 is 6.16 Å². The zero-order valence-corrected chi connectivity index (χ0v) is 13.0. The molecular weight excluding hydrogens is 346 g/mol. The van der Waals surface area contributed by atoms with Gasteiger partial charge in [0.2, 0.25) is 0 Å². The third kappa shape index (κ3) is 9.75. The molecule has 2 rings (SSSR count). The molecular formula is C13H10Cl4O3. The minimum atomic E-state index is -1.83. The van der Waals surface area contributed by atoms with E-state index in [1.54, 1.807) is 24.3 Å². The smallest absolute Gasteiger partial charge is 0.450 e. The van der Waals surface area contributed by atoms with Crippen LogP contribution in [0.1, 0.15) is 0 Å². The van der Waals surface area contributed by atoms with E-state index in [0.29, 0.717) is 20.1 Å². The Bertz CT molecular complexity index is 457. The largest absolute Gasteiger partial charge is 0.503 e. The molecule has 7 heteroatoms. The van der Waals surface area contributed by atoms with Crippen LogP contribution in [0.4, 0.5) is 4.79 Å². The molecule has 2 aromatic rings. The van der Waals surface area contributed by atoms with Crippen LogP contribution >= 0.6 is 46.4 Å². The van der Waals surface area contributed by atoms with E-state index in [2.05, 4.69) is 0 Å². The fourth-order valence-electron chi connectivity index (χ4n) is 0.879. The molecule has 3 nitrogen and oxygen atoms in total. The predicted molar refractivity (Wildman–Crippen MR) is 83.6 cm³/mol. The van der Waals surface area contributed by atoms with Crippen LogP contribution in [0.25, 0.3) is 0 Å². The van der Waals surface area contributed by atoms with Crippen molar-refractivity contribution in [2.24, 2.45) is 0 Å². The standard InChI is InChI=1S/2C6H4Cl2.CH2O3/c2*7-5-3-1-2-4-6(5)8;2-1(3)4/h2*1-4H;(H2,2,3,4). The molecule has 0 saturated carbocycles. The summed E-state index contributed by atoms with van der Waals surface area (Å²) in [6.45, 7) is 0. The first-order valence-electron chi connectivity index (χ1n) is 5.06. The summed E-state index contributed by atoms with van der Waals surface area (Å²) in [5, 5.41) is 16.4.